The molecule has 1 saturated carbocycles. The predicted octanol–water partition coefficient (Wildman–Crippen LogP) is 4.68. The van der Waals surface area contributed by atoms with Gasteiger partial charge in [-0.3, -0.25) is 4.79 Å². The van der Waals surface area contributed by atoms with Gasteiger partial charge in [0.2, 0.25) is 0 Å². The van der Waals surface area contributed by atoms with Gasteiger partial charge in [0.15, 0.2) is 0 Å². The largest absolute Gasteiger partial charge is 0.348 e. The third kappa shape index (κ3) is 2.73. The van der Waals surface area contributed by atoms with Crippen molar-refractivity contribution in [1.29, 1.82) is 0 Å². The van der Waals surface area contributed by atoms with Crippen molar-refractivity contribution in [2.24, 2.45) is 0 Å². The summed E-state index contributed by atoms with van der Waals surface area (Å²) in [6, 6.07) is 10.1. The standard InChI is InChI=1S/C15H13ClINOS/c16-11-4-2-1-3-9(11)10-5-6-13(10)18-15(19)14-12(17)7-8-20-14/h1-4,7-8,10,13H,5-6H2,(H,18,19)/t10-,13+/m0/s1. The van der Waals surface area contributed by atoms with Gasteiger partial charge < -0.3 is 5.32 Å². The van der Waals surface area contributed by atoms with Crippen molar-refractivity contribution in [2.75, 3.05) is 0 Å². The molecule has 0 bridgehead atoms. The number of hydrogen-bond acceptors (Lipinski definition) is 2. The number of rotatable bonds is 3. The second kappa shape index (κ2) is 6.03. The van der Waals surface area contributed by atoms with E-state index in [0.29, 0.717) is 5.92 Å². The Morgan fingerprint density at radius 3 is 2.70 bits per heavy atom. The number of thiophene rings is 1. The lowest BCUT2D eigenvalue weighted by Gasteiger charge is -2.38. The molecular formula is C15H13ClINOS. The lowest BCUT2D eigenvalue weighted by Crippen LogP contribution is -2.45. The van der Waals surface area contributed by atoms with Crippen molar-refractivity contribution in [3.63, 3.8) is 0 Å². The Labute approximate surface area is 140 Å². The Morgan fingerprint density at radius 1 is 1.30 bits per heavy atom. The van der Waals surface area contributed by atoms with Gasteiger partial charge in [-0.25, -0.2) is 0 Å². The van der Waals surface area contributed by atoms with Crippen LogP contribution in [0.3, 0.4) is 0 Å². The van der Waals surface area contributed by atoms with Crippen LogP contribution in [0.15, 0.2) is 35.7 Å². The molecule has 0 spiro atoms. The molecule has 0 aliphatic heterocycles. The molecule has 2 atom stereocenters. The van der Waals surface area contributed by atoms with Gasteiger partial charge in [-0.2, -0.15) is 0 Å². The quantitative estimate of drug-likeness (QED) is 0.722. The summed E-state index contributed by atoms with van der Waals surface area (Å²) in [6.45, 7) is 0. The van der Waals surface area contributed by atoms with Crippen molar-refractivity contribution in [2.45, 2.75) is 24.8 Å². The summed E-state index contributed by atoms with van der Waals surface area (Å²) in [7, 11) is 0. The van der Waals surface area contributed by atoms with E-state index in [-0.39, 0.29) is 11.9 Å². The van der Waals surface area contributed by atoms with Gasteiger partial charge >= 0.3 is 0 Å². The molecule has 1 amide bonds. The minimum absolute atomic E-state index is 0.0335. The van der Waals surface area contributed by atoms with Crippen LogP contribution in [-0.2, 0) is 0 Å². The molecular weight excluding hydrogens is 405 g/mol. The zero-order chi connectivity index (χ0) is 14.1. The van der Waals surface area contributed by atoms with E-state index in [1.165, 1.54) is 11.3 Å². The first-order valence-corrected chi connectivity index (χ1v) is 8.78. The van der Waals surface area contributed by atoms with Gasteiger partial charge in [-0.15, -0.1) is 11.3 Å². The fourth-order valence-electron chi connectivity index (χ4n) is 2.51. The predicted molar refractivity (Wildman–Crippen MR) is 91.7 cm³/mol. The van der Waals surface area contributed by atoms with Gasteiger partial charge in [0.05, 0.1) is 0 Å². The van der Waals surface area contributed by atoms with E-state index >= 15 is 0 Å². The molecule has 0 unspecified atom stereocenters. The molecule has 20 heavy (non-hydrogen) atoms. The van der Waals surface area contributed by atoms with Gasteiger partial charge in [-0.05, 0) is 58.5 Å². The van der Waals surface area contributed by atoms with E-state index < -0.39 is 0 Å². The minimum Gasteiger partial charge on any atom is -0.348 e. The first-order chi connectivity index (χ1) is 9.66. The normalized spacial score (nSPS) is 21.3. The number of amides is 1. The monoisotopic (exact) mass is 417 g/mol. The highest BCUT2D eigenvalue weighted by Gasteiger charge is 2.34. The van der Waals surface area contributed by atoms with Crippen LogP contribution in [-0.4, -0.2) is 11.9 Å². The molecule has 1 fully saturated rings. The van der Waals surface area contributed by atoms with Crippen LogP contribution in [0.1, 0.15) is 34.0 Å². The summed E-state index contributed by atoms with van der Waals surface area (Å²) in [5.41, 5.74) is 1.14. The molecule has 0 saturated heterocycles. The Bertz CT molecular complexity index is 642. The second-order valence-electron chi connectivity index (χ2n) is 4.88. The topological polar surface area (TPSA) is 29.1 Å². The van der Waals surface area contributed by atoms with Crippen LogP contribution in [0.2, 0.25) is 5.02 Å². The van der Waals surface area contributed by atoms with E-state index in [4.69, 9.17) is 11.6 Å². The van der Waals surface area contributed by atoms with Crippen LogP contribution in [0.5, 0.6) is 0 Å². The molecule has 0 radical (unpaired) electrons. The van der Waals surface area contributed by atoms with Crippen LogP contribution < -0.4 is 5.32 Å². The van der Waals surface area contributed by atoms with E-state index in [2.05, 4.69) is 34.0 Å². The molecule has 1 aliphatic carbocycles. The molecule has 2 nitrogen and oxygen atoms in total. The SMILES string of the molecule is O=C(N[C@@H]1CC[C@H]1c1ccccc1Cl)c1sccc1I. The molecule has 1 heterocycles. The maximum absolute atomic E-state index is 12.3. The summed E-state index contributed by atoms with van der Waals surface area (Å²) >= 11 is 9.93. The zero-order valence-electron chi connectivity index (χ0n) is 10.6. The number of halogens is 2. The van der Waals surface area contributed by atoms with Crippen molar-refractivity contribution in [3.05, 3.63) is 54.7 Å². The van der Waals surface area contributed by atoms with Crippen molar-refractivity contribution >= 4 is 51.4 Å². The van der Waals surface area contributed by atoms with Crippen LogP contribution in [0.4, 0.5) is 0 Å². The highest BCUT2D eigenvalue weighted by atomic mass is 127. The van der Waals surface area contributed by atoms with Crippen LogP contribution in [0.25, 0.3) is 0 Å². The third-order valence-corrected chi connectivity index (χ3v) is 6.24. The molecule has 104 valence electrons. The second-order valence-corrected chi connectivity index (χ2v) is 7.37. The molecule has 1 aromatic carbocycles. The van der Waals surface area contributed by atoms with Gasteiger partial charge in [0, 0.05) is 20.6 Å². The number of carbonyl (C=O) groups is 1. The maximum atomic E-state index is 12.3. The summed E-state index contributed by atoms with van der Waals surface area (Å²) in [6.07, 6.45) is 2.10. The Balaban J connectivity index is 1.72. The molecule has 5 heteroatoms. The molecule has 1 N–H and O–H groups in total. The van der Waals surface area contributed by atoms with E-state index in [1.54, 1.807) is 0 Å². The van der Waals surface area contributed by atoms with Crippen molar-refractivity contribution < 1.29 is 4.79 Å². The average Bonchev–Trinajstić information content (AvgIpc) is 2.83. The first kappa shape index (κ1) is 14.4. The van der Waals surface area contributed by atoms with E-state index in [0.717, 1.165) is 31.9 Å². The highest BCUT2D eigenvalue weighted by molar-refractivity contribution is 14.1. The number of hydrogen-bond donors (Lipinski definition) is 1. The van der Waals surface area contributed by atoms with Crippen LogP contribution >= 0.6 is 45.5 Å². The van der Waals surface area contributed by atoms with E-state index in [9.17, 15) is 4.79 Å². The number of nitrogens with one attached hydrogen (secondary N) is 1. The van der Waals surface area contributed by atoms with Crippen LogP contribution in [0, 0.1) is 3.57 Å². The summed E-state index contributed by atoms with van der Waals surface area (Å²) in [5.74, 6) is 0.372. The summed E-state index contributed by atoms with van der Waals surface area (Å²) in [4.78, 5) is 13.1. The third-order valence-electron chi connectivity index (χ3n) is 3.72. The molecule has 1 aliphatic rings. The maximum Gasteiger partial charge on any atom is 0.262 e. The zero-order valence-corrected chi connectivity index (χ0v) is 14.3. The molecule has 3 rings (SSSR count). The van der Waals surface area contributed by atoms with Gasteiger partial charge in [-0.1, -0.05) is 29.8 Å². The van der Waals surface area contributed by atoms with Gasteiger partial charge in [0.25, 0.3) is 5.91 Å². The van der Waals surface area contributed by atoms with E-state index in [1.807, 2.05) is 29.6 Å². The van der Waals surface area contributed by atoms with Crippen molar-refractivity contribution in [1.82, 2.24) is 5.32 Å². The Morgan fingerprint density at radius 2 is 2.10 bits per heavy atom. The smallest absolute Gasteiger partial charge is 0.262 e. The molecule has 2 aromatic rings. The fourth-order valence-corrected chi connectivity index (χ4v) is 4.52. The Hall–Kier alpha value is -0.590. The molecule has 1 aromatic heterocycles. The Kier molecular flexibility index (Phi) is 4.33. The van der Waals surface area contributed by atoms with Crippen molar-refractivity contribution in [3.8, 4) is 0 Å². The summed E-state index contributed by atoms with van der Waals surface area (Å²) < 4.78 is 1.01. The lowest BCUT2D eigenvalue weighted by atomic mass is 9.75. The minimum atomic E-state index is 0.0335. The first-order valence-electron chi connectivity index (χ1n) is 6.45. The lowest BCUT2D eigenvalue weighted by molar-refractivity contribution is 0.0908. The fraction of sp³-hybridized carbons (Fsp3) is 0.267. The number of carbonyl (C=O) groups excluding carboxylic acids is 1. The average molecular weight is 418 g/mol. The summed E-state index contributed by atoms with van der Waals surface area (Å²) in [5, 5.41) is 5.88. The van der Waals surface area contributed by atoms with Gasteiger partial charge in [0.1, 0.15) is 4.88 Å². The number of benzene rings is 1. The highest BCUT2D eigenvalue weighted by Crippen LogP contribution is 2.40.